The molecular formula is C14H17N3O3. The summed E-state index contributed by atoms with van der Waals surface area (Å²) in [6.45, 7) is 1.86. The average molecular weight is 275 g/mol. The zero-order valence-electron chi connectivity index (χ0n) is 11.5. The Morgan fingerprint density at radius 2 is 2.10 bits per heavy atom. The molecule has 1 aromatic carbocycles. The third kappa shape index (κ3) is 2.64. The summed E-state index contributed by atoms with van der Waals surface area (Å²) in [5.41, 5.74) is 7.38. The molecular weight excluding hydrogens is 258 g/mol. The molecule has 0 spiro atoms. The van der Waals surface area contributed by atoms with Crippen LogP contribution in [-0.2, 0) is 9.59 Å². The molecule has 1 aliphatic heterocycles. The lowest BCUT2D eigenvalue weighted by Gasteiger charge is -2.28. The maximum absolute atomic E-state index is 12.2. The Balaban J connectivity index is 2.14. The van der Waals surface area contributed by atoms with E-state index in [0.717, 1.165) is 10.5 Å². The van der Waals surface area contributed by atoms with Gasteiger partial charge in [0.25, 0.3) is 11.8 Å². The van der Waals surface area contributed by atoms with Crippen molar-refractivity contribution in [1.82, 2.24) is 10.2 Å². The molecule has 1 atom stereocenters. The number of nitrogens with one attached hydrogen (secondary N) is 1. The van der Waals surface area contributed by atoms with Crippen LogP contribution in [0.3, 0.4) is 0 Å². The van der Waals surface area contributed by atoms with E-state index in [1.807, 2.05) is 13.0 Å². The van der Waals surface area contributed by atoms with Gasteiger partial charge in [-0.3, -0.25) is 19.3 Å². The van der Waals surface area contributed by atoms with Crippen molar-refractivity contribution >= 4 is 23.4 Å². The maximum Gasteiger partial charge on any atom is 0.254 e. The van der Waals surface area contributed by atoms with Crippen LogP contribution in [0.1, 0.15) is 28.8 Å². The van der Waals surface area contributed by atoms with Crippen molar-refractivity contribution in [3.8, 4) is 0 Å². The van der Waals surface area contributed by atoms with Gasteiger partial charge in [0, 0.05) is 19.2 Å². The number of rotatable bonds is 2. The summed E-state index contributed by atoms with van der Waals surface area (Å²) in [6.07, 6.45) is 0.565. The van der Waals surface area contributed by atoms with Crippen molar-refractivity contribution in [2.75, 3.05) is 12.8 Å². The van der Waals surface area contributed by atoms with Crippen molar-refractivity contribution in [3.05, 3.63) is 29.3 Å². The number of carbonyl (C=O) groups is 3. The van der Waals surface area contributed by atoms with Gasteiger partial charge in [0.05, 0.1) is 5.56 Å². The molecule has 0 aromatic heterocycles. The van der Waals surface area contributed by atoms with Crippen LogP contribution in [0.5, 0.6) is 0 Å². The van der Waals surface area contributed by atoms with E-state index in [1.54, 1.807) is 12.1 Å². The Kier molecular flexibility index (Phi) is 3.74. The van der Waals surface area contributed by atoms with Gasteiger partial charge in [-0.25, -0.2) is 0 Å². The van der Waals surface area contributed by atoms with E-state index in [0.29, 0.717) is 17.7 Å². The Morgan fingerprint density at radius 1 is 1.40 bits per heavy atom. The monoisotopic (exact) mass is 275 g/mol. The molecule has 3 amide bonds. The fourth-order valence-electron chi connectivity index (χ4n) is 2.15. The highest BCUT2D eigenvalue weighted by Gasteiger charge is 2.33. The number of carbonyl (C=O) groups excluding carboxylic acids is 3. The summed E-state index contributed by atoms with van der Waals surface area (Å²) in [5.74, 6) is -1.01. The predicted octanol–water partition coefficient (Wildman–Crippen LogP) is 0.454. The molecule has 1 aromatic rings. The van der Waals surface area contributed by atoms with Gasteiger partial charge in [0.1, 0.15) is 6.04 Å². The van der Waals surface area contributed by atoms with Crippen LogP contribution < -0.4 is 11.1 Å². The number of aryl methyl sites for hydroxylation is 1. The third-order valence-corrected chi connectivity index (χ3v) is 3.41. The largest absolute Gasteiger partial charge is 0.398 e. The molecule has 1 fully saturated rings. The minimum atomic E-state index is -0.676. The van der Waals surface area contributed by atoms with E-state index >= 15 is 0 Å². The van der Waals surface area contributed by atoms with Crippen LogP contribution in [0.25, 0.3) is 0 Å². The first kappa shape index (κ1) is 14.0. The molecule has 1 aliphatic rings. The molecule has 1 heterocycles. The number of anilines is 1. The van der Waals surface area contributed by atoms with Crippen molar-refractivity contribution in [2.24, 2.45) is 0 Å². The molecule has 0 radical (unpaired) electrons. The van der Waals surface area contributed by atoms with Crippen LogP contribution in [-0.4, -0.2) is 35.7 Å². The SMILES string of the molecule is Cc1ccc(N)c(C(=O)NC2CCC(=O)N(C)C2=O)c1. The lowest BCUT2D eigenvalue weighted by Crippen LogP contribution is -2.53. The molecule has 0 aliphatic carbocycles. The zero-order chi connectivity index (χ0) is 14.9. The number of likely N-dealkylation sites (tertiary alicyclic amines) is 1. The summed E-state index contributed by atoms with van der Waals surface area (Å²) in [5, 5.41) is 2.64. The Bertz CT molecular complexity index is 583. The number of amides is 3. The zero-order valence-corrected chi connectivity index (χ0v) is 11.5. The minimum absolute atomic E-state index is 0.226. The maximum atomic E-state index is 12.2. The van der Waals surface area contributed by atoms with Gasteiger partial charge < -0.3 is 11.1 Å². The average Bonchev–Trinajstić information content (AvgIpc) is 2.42. The summed E-state index contributed by atoms with van der Waals surface area (Å²) in [4.78, 5) is 36.5. The van der Waals surface area contributed by atoms with E-state index in [-0.39, 0.29) is 18.2 Å². The fraction of sp³-hybridized carbons (Fsp3) is 0.357. The van der Waals surface area contributed by atoms with Crippen molar-refractivity contribution in [1.29, 1.82) is 0 Å². The number of likely N-dealkylation sites (N-methyl/N-ethyl adjacent to an activating group) is 1. The molecule has 0 saturated carbocycles. The summed E-state index contributed by atoms with van der Waals surface area (Å²) >= 11 is 0. The molecule has 3 N–H and O–H groups in total. The highest BCUT2D eigenvalue weighted by molar-refractivity contribution is 6.05. The molecule has 6 nitrogen and oxygen atoms in total. The van der Waals surface area contributed by atoms with Crippen LogP contribution in [0.15, 0.2) is 18.2 Å². The fourth-order valence-corrected chi connectivity index (χ4v) is 2.15. The molecule has 0 bridgehead atoms. The minimum Gasteiger partial charge on any atom is -0.398 e. The van der Waals surface area contributed by atoms with Crippen molar-refractivity contribution in [2.45, 2.75) is 25.8 Å². The summed E-state index contributed by atoms with van der Waals surface area (Å²) in [7, 11) is 1.42. The standard InChI is InChI=1S/C14H17N3O3/c1-8-3-4-10(15)9(7-8)13(19)16-11-5-6-12(18)17(2)14(11)20/h3-4,7,11H,5-6,15H2,1-2H3,(H,16,19). The second kappa shape index (κ2) is 5.32. The van der Waals surface area contributed by atoms with Gasteiger partial charge in [-0.1, -0.05) is 11.6 Å². The van der Waals surface area contributed by atoms with Gasteiger partial charge >= 0.3 is 0 Å². The van der Waals surface area contributed by atoms with Crippen LogP contribution >= 0.6 is 0 Å². The molecule has 1 unspecified atom stereocenters. The Hall–Kier alpha value is -2.37. The van der Waals surface area contributed by atoms with E-state index in [4.69, 9.17) is 5.73 Å². The first-order valence-corrected chi connectivity index (χ1v) is 6.37. The number of hydrogen-bond acceptors (Lipinski definition) is 4. The van der Waals surface area contributed by atoms with E-state index < -0.39 is 11.9 Å². The lowest BCUT2D eigenvalue weighted by molar-refractivity contribution is -0.147. The number of imide groups is 1. The molecule has 2 rings (SSSR count). The number of nitrogens with two attached hydrogens (primary N) is 1. The summed E-state index contributed by atoms with van der Waals surface area (Å²) in [6, 6.07) is 4.46. The van der Waals surface area contributed by atoms with Crippen molar-refractivity contribution < 1.29 is 14.4 Å². The number of nitrogen functional groups attached to an aromatic ring is 1. The molecule has 106 valence electrons. The highest BCUT2D eigenvalue weighted by atomic mass is 16.2. The van der Waals surface area contributed by atoms with Gasteiger partial charge in [0.15, 0.2) is 0 Å². The van der Waals surface area contributed by atoms with Gasteiger partial charge in [-0.05, 0) is 25.5 Å². The van der Waals surface area contributed by atoms with Gasteiger partial charge in [-0.15, -0.1) is 0 Å². The topological polar surface area (TPSA) is 92.5 Å². The van der Waals surface area contributed by atoms with Crippen LogP contribution in [0.4, 0.5) is 5.69 Å². The second-order valence-corrected chi connectivity index (χ2v) is 4.95. The van der Waals surface area contributed by atoms with E-state index in [1.165, 1.54) is 7.05 Å². The number of hydrogen-bond donors (Lipinski definition) is 2. The number of piperidine rings is 1. The second-order valence-electron chi connectivity index (χ2n) is 4.95. The Morgan fingerprint density at radius 3 is 2.80 bits per heavy atom. The van der Waals surface area contributed by atoms with Crippen LogP contribution in [0, 0.1) is 6.92 Å². The molecule has 20 heavy (non-hydrogen) atoms. The predicted molar refractivity (Wildman–Crippen MR) is 73.9 cm³/mol. The highest BCUT2D eigenvalue weighted by Crippen LogP contribution is 2.16. The Labute approximate surface area is 116 Å². The number of nitrogens with zero attached hydrogens (tertiary/aromatic N) is 1. The summed E-state index contributed by atoms with van der Waals surface area (Å²) < 4.78 is 0. The smallest absolute Gasteiger partial charge is 0.254 e. The quantitative estimate of drug-likeness (QED) is 0.605. The van der Waals surface area contributed by atoms with E-state index in [2.05, 4.69) is 5.32 Å². The van der Waals surface area contributed by atoms with Gasteiger partial charge in [-0.2, -0.15) is 0 Å². The molecule has 6 heteroatoms. The first-order valence-electron chi connectivity index (χ1n) is 6.37. The first-order chi connectivity index (χ1) is 9.40. The van der Waals surface area contributed by atoms with E-state index in [9.17, 15) is 14.4 Å². The number of benzene rings is 1. The van der Waals surface area contributed by atoms with Crippen LogP contribution in [0.2, 0.25) is 0 Å². The normalized spacial score (nSPS) is 19.1. The van der Waals surface area contributed by atoms with Crippen molar-refractivity contribution in [3.63, 3.8) is 0 Å². The third-order valence-electron chi connectivity index (χ3n) is 3.41. The van der Waals surface area contributed by atoms with Gasteiger partial charge in [0.2, 0.25) is 5.91 Å². The lowest BCUT2D eigenvalue weighted by atomic mass is 10.0. The molecule has 1 saturated heterocycles.